The fraction of sp³-hybridized carbons (Fsp3) is 0.346. The first-order valence-corrected chi connectivity index (χ1v) is 13.0. The van der Waals surface area contributed by atoms with Gasteiger partial charge in [-0.05, 0) is 54.5 Å². The topological polar surface area (TPSA) is 157 Å². The van der Waals surface area contributed by atoms with Gasteiger partial charge in [0.2, 0.25) is 5.96 Å². The number of aliphatic imine (C=N–C) groups is 1. The summed E-state index contributed by atoms with van der Waals surface area (Å²) in [7, 11) is -4.59. The van der Waals surface area contributed by atoms with Gasteiger partial charge in [0.05, 0.1) is 21.5 Å². The molecule has 5 N–H and O–H groups in total. The van der Waals surface area contributed by atoms with Crippen molar-refractivity contribution in [3.05, 3.63) is 71.3 Å². The number of allylic oxidation sites excluding steroid dienone is 1. The summed E-state index contributed by atoms with van der Waals surface area (Å²) in [5.74, 6) is 3.60. The molecule has 3 atom stereocenters. The minimum Gasteiger partial charge on any atom is -0.748 e. The minimum absolute atomic E-state index is 0. The van der Waals surface area contributed by atoms with Gasteiger partial charge in [-0.15, -0.1) is 0 Å². The second-order valence-electron chi connectivity index (χ2n) is 8.45. The van der Waals surface area contributed by atoms with E-state index in [-0.39, 0.29) is 66.8 Å². The quantitative estimate of drug-likeness (QED) is 0.147. The molecular weight excluding hydrogens is 505 g/mol. The van der Waals surface area contributed by atoms with Crippen LogP contribution in [0.15, 0.2) is 59.6 Å². The molecule has 1 aliphatic rings. The number of nitrogens with zero attached hydrogens (tertiary/aromatic N) is 1. The second-order valence-corrected chi connectivity index (χ2v) is 10.1. The zero-order chi connectivity index (χ0) is 26.1. The first kappa shape index (κ1) is 30.7. The summed E-state index contributed by atoms with van der Waals surface area (Å²) in [5.41, 5.74) is 7.90. The van der Waals surface area contributed by atoms with Crippen LogP contribution in [0.25, 0.3) is 0 Å². The van der Waals surface area contributed by atoms with E-state index in [9.17, 15) is 23.2 Å². The van der Waals surface area contributed by atoms with E-state index in [2.05, 4.69) is 22.3 Å². The summed E-state index contributed by atoms with van der Waals surface area (Å²) in [4.78, 5) is 3.87. The van der Waals surface area contributed by atoms with Gasteiger partial charge < -0.3 is 30.6 Å². The molecule has 2 aromatic carbocycles. The maximum atomic E-state index is 12.1. The Bertz CT molecular complexity index is 1270. The normalized spacial score (nSPS) is 15.9. The molecule has 1 heterocycles. The summed E-state index contributed by atoms with van der Waals surface area (Å²) < 4.78 is 41.9. The number of aromatic hydroxyl groups is 1. The number of hydrogen-bond donors (Lipinski definition) is 4. The van der Waals surface area contributed by atoms with E-state index in [1.807, 2.05) is 19.1 Å². The van der Waals surface area contributed by atoms with Gasteiger partial charge in [-0.2, -0.15) is 4.99 Å². The number of phenolic OH excluding ortho intramolecular Hbond substituents is 1. The van der Waals surface area contributed by atoms with Crippen molar-refractivity contribution >= 4 is 16.1 Å². The van der Waals surface area contributed by atoms with E-state index in [0.717, 1.165) is 11.1 Å². The third-order valence-electron chi connectivity index (χ3n) is 5.97. The number of nitrogens with one attached hydrogen (secondary N) is 1. The van der Waals surface area contributed by atoms with E-state index in [4.69, 9.17) is 10.5 Å². The monoisotopic (exact) mass is 535 g/mol. The van der Waals surface area contributed by atoms with Crippen LogP contribution in [0.1, 0.15) is 54.9 Å². The minimum atomic E-state index is -4.59. The molecule has 9 nitrogen and oxygen atoms in total. The molecule has 0 aromatic heterocycles. The predicted molar refractivity (Wildman–Crippen MR) is 136 cm³/mol. The average Bonchev–Trinajstić information content (AvgIpc) is 2.84. The molecule has 0 saturated carbocycles. The van der Waals surface area contributed by atoms with Crippen LogP contribution in [0.5, 0.6) is 11.5 Å². The number of fused-ring (bicyclic) bond motifs is 1. The maximum absolute atomic E-state index is 12.1. The summed E-state index contributed by atoms with van der Waals surface area (Å²) in [6.45, 7) is 2.06. The van der Waals surface area contributed by atoms with Crippen molar-refractivity contribution in [2.45, 2.75) is 49.9 Å². The SMILES string of the molecule is CCC(CC(CC=CC(O)c1ccc(O)cc1)S(=O)(=O)[O-])c1ccc2c(c1)CC#CN=C(N)NCO2.[Na+]. The van der Waals surface area contributed by atoms with Crippen LogP contribution in [-0.2, 0) is 16.5 Å². The number of nitrogens with two attached hydrogens (primary N) is 1. The Kier molecular flexibility index (Phi) is 12.0. The van der Waals surface area contributed by atoms with Crippen LogP contribution in [0.2, 0.25) is 0 Å². The summed E-state index contributed by atoms with van der Waals surface area (Å²) in [5, 5.41) is 21.3. The summed E-state index contributed by atoms with van der Waals surface area (Å²) in [6.07, 6.45) is 3.08. The summed E-state index contributed by atoms with van der Waals surface area (Å²) >= 11 is 0. The number of rotatable bonds is 9. The Balaban J connectivity index is 0.00000481. The van der Waals surface area contributed by atoms with Gasteiger partial charge in [-0.1, -0.05) is 49.3 Å². The molecule has 0 saturated heterocycles. The van der Waals surface area contributed by atoms with Gasteiger partial charge in [0, 0.05) is 18.0 Å². The Labute approximate surface area is 239 Å². The fourth-order valence-corrected chi connectivity index (χ4v) is 4.74. The maximum Gasteiger partial charge on any atom is 1.00 e. The van der Waals surface area contributed by atoms with Gasteiger partial charge in [-0.25, -0.2) is 8.42 Å². The molecule has 11 heteroatoms. The van der Waals surface area contributed by atoms with Gasteiger partial charge in [0.15, 0.2) is 6.73 Å². The molecule has 1 aliphatic heterocycles. The van der Waals surface area contributed by atoms with Crippen molar-refractivity contribution in [2.24, 2.45) is 10.7 Å². The number of ether oxygens (including phenoxy) is 1. The number of benzene rings is 2. The van der Waals surface area contributed by atoms with Crippen molar-refractivity contribution in [3.63, 3.8) is 0 Å². The molecule has 0 amide bonds. The first-order valence-electron chi connectivity index (χ1n) is 11.6. The zero-order valence-electron chi connectivity index (χ0n) is 20.9. The van der Waals surface area contributed by atoms with E-state index in [1.54, 1.807) is 18.2 Å². The van der Waals surface area contributed by atoms with Crippen molar-refractivity contribution in [1.29, 1.82) is 0 Å². The zero-order valence-corrected chi connectivity index (χ0v) is 23.7. The molecule has 0 spiro atoms. The predicted octanol–water partition coefficient (Wildman–Crippen LogP) is -0.369. The Morgan fingerprint density at radius 3 is 2.62 bits per heavy atom. The Morgan fingerprint density at radius 2 is 1.95 bits per heavy atom. The molecular formula is C26H30N3NaO6S. The molecule has 0 bridgehead atoms. The van der Waals surface area contributed by atoms with Crippen molar-refractivity contribution in [3.8, 4) is 23.5 Å². The van der Waals surface area contributed by atoms with Gasteiger partial charge >= 0.3 is 29.6 Å². The van der Waals surface area contributed by atoms with Crippen LogP contribution >= 0.6 is 0 Å². The van der Waals surface area contributed by atoms with Crippen LogP contribution in [0.4, 0.5) is 0 Å². The largest absolute Gasteiger partial charge is 1.00 e. The molecule has 0 radical (unpaired) electrons. The fourth-order valence-electron chi connectivity index (χ4n) is 3.92. The average molecular weight is 536 g/mol. The second kappa shape index (κ2) is 14.4. The van der Waals surface area contributed by atoms with Crippen molar-refractivity contribution < 1.29 is 57.5 Å². The van der Waals surface area contributed by atoms with Crippen molar-refractivity contribution in [2.75, 3.05) is 6.73 Å². The standard InChI is InChI=1S/C26H31N3O6S.Na/c1-2-18(20-10-13-25-21(15-20)5-4-14-28-26(27)29-17-35-25)16-23(36(32,33)34)6-3-7-24(31)19-8-11-22(30)12-9-19;/h3,7-13,15,18,23-24,30-31H,2,5-6,16-17H2,1H3,(H3,27,28,29)(H,32,33,34);/q;+1/p-1. The molecule has 3 rings (SSSR count). The molecule has 0 fully saturated rings. The molecule has 2 aromatic rings. The Morgan fingerprint density at radius 1 is 1.24 bits per heavy atom. The van der Waals surface area contributed by atoms with Gasteiger partial charge in [-0.3, -0.25) is 0 Å². The van der Waals surface area contributed by atoms with Crippen LogP contribution < -0.4 is 45.3 Å². The van der Waals surface area contributed by atoms with Crippen LogP contribution in [-0.4, -0.2) is 41.1 Å². The van der Waals surface area contributed by atoms with E-state index in [1.165, 1.54) is 24.3 Å². The number of aliphatic hydroxyl groups is 1. The molecule has 0 aliphatic carbocycles. The van der Waals surface area contributed by atoms with E-state index >= 15 is 0 Å². The first-order chi connectivity index (χ1) is 17.2. The number of aliphatic hydroxyl groups excluding tert-OH is 1. The molecule has 37 heavy (non-hydrogen) atoms. The number of phenols is 1. The third-order valence-corrected chi connectivity index (χ3v) is 7.17. The number of hydrogen-bond acceptors (Lipinski definition) is 9. The van der Waals surface area contributed by atoms with E-state index < -0.39 is 21.5 Å². The molecule has 3 unspecified atom stereocenters. The van der Waals surface area contributed by atoms with E-state index in [0.29, 0.717) is 24.2 Å². The third kappa shape index (κ3) is 9.38. The Hall–Kier alpha value is -2.52. The number of guanidine groups is 1. The van der Waals surface area contributed by atoms with Crippen LogP contribution in [0.3, 0.4) is 0 Å². The smallest absolute Gasteiger partial charge is 0.748 e. The molecule has 192 valence electrons. The van der Waals surface area contributed by atoms with Gasteiger partial charge in [0.25, 0.3) is 0 Å². The van der Waals surface area contributed by atoms with Crippen LogP contribution in [0, 0.1) is 12.0 Å². The van der Waals surface area contributed by atoms with Crippen molar-refractivity contribution in [1.82, 2.24) is 5.32 Å². The van der Waals surface area contributed by atoms with Gasteiger partial charge in [0.1, 0.15) is 11.5 Å². The summed E-state index contributed by atoms with van der Waals surface area (Å²) in [6, 6.07) is 14.3.